The Morgan fingerprint density at radius 1 is 1.23 bits per heavy atom. The highest BCUT2D eigenvalue weighted by Crippen LogP contribution is 2.35. The number of ether oxygens (including phenoxy) is 2. The van der Waals surface area contributed by atoms with Crippen LogP contribution in [-0.2, 0) is 19.5 Å². The van der Waals surface area contributed by atoms with Crippen molar-refractivity contribution in [2.24, 2.45) is 10.7 Å². The molecule has 0 fully saturated rings. The second kappa shape index (κ2) is 11.1. The molecule has 0 saturated carbocycles. The monoisotopic (exact) mass is 524 g/mol. The highest BCUT2D eigenvalue weighted by atomic mass is 127. The number of nitrogens with zero attached hydrogens (tertiary/aromatic N) is 1. The van der Waals surface area contributed by atoms with Gasteiger partial charge in [0.2, 0.25) is 5.91 Å². The van der Waals surface area contributed by atoms with Crippen LogP contribution in [0.1, 0.15) is 40.9 Å². The Labute approximate surface area is 194 Å². The Bertz CT molecular complexity index is 900. The van der Waals surface area contributed by atoms with Crippen LogP contribution < -0.4 is 25.8 Å². The zero-order valence-corrected chi connectivity index (χ0v) is 19.9. The van der Waals surface area contributed by atoms with Gasteiger partial charge in [-0.15, -0.1) is 24.0 Å². The van der Waals surface area contributed by atoms with Crippen LogP contribution in [-0.4, -0.2) is 31.6 Å². The topological polar surface area (TPSA) is 98.0 Å². The molecule has 30 heavy (non-hydrogen) atoms. The van der Waals surface area contributed by atoms with Gasteiger partial charge in [0.15, 0.2) is 5.96 Å². The van der Waals surface area contributed by atoms with Gasteiger partial charge in [0, 0.05) is 43.2 Å². The van der Waals surface area contributed by atoms with Crippen molar-refractivity contribution in [1.82, 2.24) is 10.6 Å². The van der Waals surface area contributed by atoms with Crippen LogP contribution in [0.15, 0.2) is 41.4 Å². The van der Waals surface area contributed by atoms with Gasteiger partial charge in [-0.05, 0) is 43.7 Å². The molecule has 2 aromatic rings. The number of guanidine groups is 1. The molecular formula is C22H29IN4O3. The fourth-order valence-electron chi connectivity index (χ4n) is 3.28. The standard InChI is InChI=1S/C22H28N4O3.HI/c1-4-28-19-10-17-9-14(2)29-20(17)11-18(19)13-26-22(24-3)25-12-15-5-7-16(8-6-15)21(23)27;/h5-8,10-11,14H,4,9,12-13H2,1-3H3,(H2,23,27)(H2,24,25,26);1H. The average Bonchev–Trinajstić information content (AvgIpc) is 3.07. The van der Waals surface area contributed by atoms with E-state index in [9.17, 15) is 4.79 Å². The third kappa shape index (κ3) is 6.01. The fraction of sp³-hybridized carbons (Fsp3) is 0.364. The van der Waals surface area contributed by atoms with Crippen LogP contribution >= 0.6 is 24.0 Å². The van der Waals surface area contributed by atoms with E-state index in [1.807, 2.05) is 25.1 Å². The number of carbonyl (C=O) groups excluding carboxylic acids is 1. The van der Waals surface area contributed by atoms with E-state index in [-0.39, 0.29) is 30.1 Å². The van der Waals surface area contributed by atoms with Crippen molar-refractivity contribution in [3.8, 4) is 11.5 Å². The first-order valence-electron chi connectivity index (χ1n) is 9.78. The van der Waals surface area contributed by atoms with Crippen LogP contribution in [0.25, 0.3) is 0 Å². The average molecular weight is 524 g/mol. The van der Waals surface area contributed by atoms with E-state index in [4.69, 9.17) is 15.2 Å². The van der Waals surface area contributed by atoms with E-state index < -0.39 is 5.91 Å². The van der Waals surface area contributed by atoms with E-state index in [1.165, 1.54) is 5.56 Å². The van der Waals surface area contributed by atoms with Crippen molar-refractivity contribution in [2.75, 3.05) is 13.7 Å². The molecule has 1 unspecified atom stereocenters. The van der Waals surface area contributed by atoms with Crippen molar-refractivity contribution in [1.29, 1.82) is 0 Å². The molecule has 1 aliphatic rings. The zero-order valence-electron chi connectivity index (χ0n) is 17.5. The van der Waals surface area contributed by atoms with E-state index in [0.29, 0.717) is 31.2 Å². The molecule has 1 amide bonds. The molecule has 4 N–H and O–H groups in total. The van der Waals surface area contributed by atoms with E-state index in [0.717, 1.165) is 29.0 Å². The molecule has 8 heteroatoms. The third-order valence-electron chi connectivity index (χ3n) is 4.75. The molecule has 1 atom stereocenters. The predicted molar refractivity (Wildman–Crippen MR) is 129 cm³/mol. The van der Waals surface area contributed by atoms with Crippen LogP contribution in [0.2, 0.25) is 0 Å². The summed E-state index contributed by atoms with van der Waals surface area (Å²) >= 11 is 0. The minimum Gasteiger partial charge on any atom is -0.494 e. The quantitative estimate of drug-likeness (QED) is 0.294. The number of benzene rings is 2. The number of amides is 1. The van der Waals surface area contributed by atoms with Gasteiger partial charge in [-0.3, -0.25) is 9.79 Å². The van der Waals surface area contributed by atoms with Crippen LogP contribution in [0.5, 0.6) is 11.5 Å². The number of carbonyl (C=O) groups is 1. The number of aliphatic imine (C=N–C) groups is 1. The van der Waals surface area contributed by atoms with Gasteiger partial charge in [-0.2, -0.15) is 0 Å². The zero-order chi connectivity index (χ0) is 20.8. The number of nitrogens with one attached hydrogen (secondary N) is 2. The lowest BCUT2D eigenvalue weighted by atomic mass is 10.1. The van der Waals surface area contributed by atoms with Gasteiger partial charge in [-0.1, -0.05) is 12.1 Å². The predicted octanol–water partition coefficient (Wildman–Crippen LogP) is 2.99. The summed E-state index contributed by atoms with van der Waals surface area (Å²) in [5.74, 6) is 2.03. The van der Waals surface area contributed by atoms with Crippen LogP contribution in [0.3, 0.4) is 0 Å². The molecule has 0 bridgehead atoms. The largest absolute Gasteiger partial charge is 0.494 e. The van der Waals surface area contributed by atoms with Crippen molar-refractivity contribution in [3.05, 3.63) is 58.7 Å². The first kappa shape index (κ1) is 23.8. The summed E-state index contributed by atoms with van der Waals surface area (Å²) in [5.41, 5.74) is 9.00. The summed E-state index contributed by atoms with van der Waals surface area (Å²) in [6.45, 7) is 5.78. The Hall–Kier alpha value is -2.49. The summed E-state index contributed by atoms with van der Waals surface area (Å²) in [6, 6.07) is 11.3. The molecule has 1 heterocycles. The van der Waals surface area contributed by atoms with E-state index in [2.05, 4.69) is 28.6 Å². The number of hydrogen-bond acceptors (Lipinski definition) is 4. The molecule has 0 saturated heterocycles. The SMILES string of the molecule is CCOc1cc2c(cc1CNC(=NC)NCc1ccc(C(N)=O)cc1)OC(C)C2.I. The fourth-order valence-corrected chi connectivity index (χ4v) is 3.28. The normalized spacial score (nSPS) is 14.9. The maximum absolute atomic E-state index is 11.2. The lowest BCUT2D eigenvalue weighted by Crippen LogP contribution is -2.36. The molecule has 0 aliphatic carbocycles. The Morgan fingerprint density at radius 2 is 1.93 bits per heavy atom. The number of primary amides is 1. The molecule has 162 valence electrons. The van der Waals surface area contributed by atoms with Crippen molar-refractivity contribution < 1.29 is 14.3 Å². The second-order valence-electron chi connectivity index (χ2n) is 6.97. The maximum atomic E-state index is 11.2. The Morgan fingerprint density at radius 3 is 2.57 bits per heavy atom. The first-order chi connectivity index (χ1) is 14.0. The van der Waals surface area contributed by atoms with Gasteiger partial charge in [0.05, 0.1) is 6.61 Å². The van der Waals surface area contributed by atoms with Crippen molar-refractivity contribution >= 4 is 35.8 Å². The summed E-state index contributed by atoms with van der Waals surface area (Å²) < 4.78 is 11.7. The van der Waals surface area contributed by atoms with Crippen LogP contribution in [0.4, 0.5) is 0 Å². The van der Waals surface area contributed by atoms with Gasteiger partial charge in [0.1, 0.15) is 17.6 Å². The van der Waals surface area contributed by atoms with Crippen LogP contribution in [0, 0.1) is 0 Å². The van der Waals surface area contributed by atoms with Gasteiger partial charge in [0.25, 0.3) is 0 Å². The summed E-state index contributed by atoms with van der Waals surface area (Å²) in [7, 11) is 1.72. The summed E-state index contributed by atoms with van der Waals surface area (Å²) in [4.78, 5) is 15.4. The number of rotatable bonds is 7. The van der Waals surface area contributed by atoms with Gasteiger partial charge < -0.3 is 25.8 Å². The van der Waals surface area contributed by atoms with Crippen molar-refractivity contribution in [2.45, 2.75) is 39.5 Å². The highest BCUT2D eigenvalue weighted by Gasteiger charge is 2.21. The molecule has 1 aliphatic heterocycles. The van der Waals surface area contributed by atoms with Gasteiger partial charge in [-0.25, -0.2) is 0 Å². The third-order valence-corrected chi connectivity index (χ3v) is 4.75. The lowest BCUT2D eigenvalue weighted by molar-refractivity contribution is 0.100. The number of fused-ring (bicyclic) bond motifs is 1. The molecule has 0 radical (unpaired) electrons. The minimum absolute atomic E-state index is 0. The highest BCUT2D eigenvalue weighted by molar-refractivity contribution is 14.0. The molecule has 3 rings (SSSR count). The number of nitrogens with two attached hydrogens (primary N) is 1. The first-order valence-corrected chi connectivity index (χ1v) is 9.78. The second-order valence-corrected chi connectivity index (χ2v) is 6.97. The molecule has 0 spiro atoms. The summed E-state index contributed by atoms with van der Waals surface area (Å²) in [6.07, 6.45) is 1.10. The smallest absolute Gasteiger partial charge is 0.248 e. The van der Waals surface area contributed by atoms with Gasteiger partial charge >= 0.3 is 0 Å². The minimum atomic E-state index is -0.431. The number of halogens is 1. The maximum Gasteiger partial charge on any atom is 0.248 e. The molecule has 7 nitrogen and oxygen atoms in total. The molecule has 2 aromatic carbocycles. The van der Waals surface area contributed by atoms with E-state index in [1.54, 1.807) is 19.2 Å². The van der Waals surface area contributed by atoms with E-state index >= 15 is 0 Å². The Balaban J connectivity index is 0.00000320. The van der Waals surface area contributed by atoms with Crippen molar-refractivity contribution in [3.63, 3.8) is 0 Å². The number of hydrogen-bond donors (Lipinski definition) is 3. The molecular weight excluding hydrogens is 495 g/mol. The summed E-state index contributed by atoms with van der Waals surface area (Å²) in [5, 5.41) is 6.58. The lowest BCUT2D eigenvalue weighted by Gasteiger charge is -2.16. The Kier molecular flexibility index (Phi) is 8.76. The molecule has 0 aromatic heterocycles.